The zero-order chi connectivity index (χ0) is 11.3. The quantitative estimate of drug-likeness (QED) is 0.412. The average Bonchev–Trinajstić information content (AvgIpc) is 2.58. The maximum absolute atomic E-state index is 11.3. The van der Waals surface area contributed by atoms with E-state index >= 15 is 0 Å². The van der Waals surface area contributed by atoms with Crippen LogP contribution in [0.25, 0.3) is 0 Å². The Morgan fingerprint density at radius 3 is 2.80 bits per heavy atom. The van der Waals surface area contributed by atoms with E-state index in [1.54, 1.807) is 10.8 Å². The molecule has 1 unspecified atom stereocenters. The molecule has 2 atom stereocenters. The van der Waals surface area contributed by atoms with Crippen LogP contribution < -0.4 is 0 Å². The second kappa shape index (κ2) is 6.81. The number of rotatable bonds is 6. The van der Waals surface area contributed by atoms with Crippen molar-refractivity contribution in [1.29, 1.82) is 0 Å². The smallest absolute Gasteiger partial charge is 0.135 e. The fourth-order valence-electron chi connectivity index (χ4n) is 1.63. The number of unbranched alkanes of at least 4 members (excludes halogenated alkanes) is 1. The number of hydrogen-bond donors (Lipinski definition) is 0. The number of ketones is 1. The standard InChI is InChI=1S/C11H20O2S2/c1-9(2)11(12)6-4-3-5-10-7-8-15(13)14-10/h9-10H,3-8H2,1-2H3/t10-,15?/m0/s1. The molecule has 0 saturated carbocycles. The summed E-state index contributed by atoms with van der Waals surface area (Å²) in [7, 11) is 0.993. The molecule has 1 rings (SSSR count). The Kier molecular flexibility index (Phi) is 6.09. The molecule has 0 aliphatic carbocycles. The van der Waals surface area contributed by atoms with Crippen molar-refractivity contribution in [2.24, 2.45) is 5.92 Å². The van der Waals surface area contributed by atoms with Crippen molar-refractivity contribution in [3.8, 4) is 0 Å². The lowest BCUT2D eigenvalue weighted by atomic mass is 10.0. The second-order valence-electron chi connectivity index (χ2n) is 4.38. The third-order valence-electron chi connectivity index (χ3n) is 2.69. The molecule has 88 valence electrons. The van der Waals surface area contributed by atoms with Crippen LogP contribution in [0, 0.1) is 5.92 Å². The Labute approximate surface area is 99.2 Å². The van der Waals surface area contributed by atoms with Crippen LogP contribution in [0.1, 0.15) is 46.0 Å². The van der Waals surface area contributed by atoms with Crippen LogP contribution in [-0.2, 0) is 15.0 Å². The molecule has 4 heteroatoms. The molecular weight excluding hydrogens is 228 g/mol. The van der Waals surface area contributed by atoms with E-state index in [4.69, 9.17) is 0 Å². The minimum absolute atomic E-state index is 0.179. The van der Waals surface area contributed by atoms with Crippen LogP contribution in [0.4, 0.5) is 0 Å². The number of carbonyl (C=O) groups is 1. The summed E-state index contributed by atoms with van der Waals surface area (Å²) in [6.07, 6.45) is 5.05. The maximum atomic E-state index is 11.3. The van der Waals surface area contributed by atoms with Crippen molar-refractivity contribution in [1.82, 2.24) is 0 Å². The third-order valence-corrected chi connectivity index (χ3v) is 6.18. The van der Waals surface area contributed by atoms with Gasteiger partial charge in [0, 0.05) is 29.0 Å². The molecule has 0 aromatic heterocycles. The highest BCUT2D eigenvalue weighted by Crippen LogP contribution is 2.34. The average molecular weight is 248 g/mol. The molecule has 1 heterocycles. The van der Waals surface area contributed by atoms with E-state index in [1.807, 2.05) is 13.8 Å². The van der Waals surface area contributed by atoms with Crippen LogP contribution in [0.2, 0.25) is 0 Å². The molecule has 0 bridgehead atoms. The van der Waals surface area contributed by atoms with Gasteiger partial charge in [-0.2, -0.15) is 0 Å². The lowest BCUT2D eigenvalue weighted by Gasteiger charge is -2.06. The van der Waals surface area contributed by atoms with Gasteiger partial charge < -0.3 is 4.55 Å². The Hall–Kier alpha value is 0.330. The molecule has 0 aromatic rings. The van der Waals surface area contributed by atoms with Gasteiger partial charge in [0.15, 0.2) is 0 Å². The predicted octanol–water partition coefficient (Wildman–Crippen LogP) is 2.94. The zero-order valence-corrected chi connectivity index (χ0v) is 11.2. The number of carbonyl (C=O) groups excluding carboxylic acids is 1. The fraction of sp³-hybridized carbons (Fsp3) is 0.909. The highest BCUT2D eigenvalue weighted by molar-refractivity contribution is 8.72. The van der Waals surface area contributed by atoms with E-state index in [1.165, 1.54) is 0 Å². The highest BCUT2D eigenvalue weighted by atomic mass is 33.1. The lowest BCUT2D eigenvalue weighted by Crippen LogP contribution is -2.06. The van der Waals surface area contributed by atoms with Crippen LogP contribution in [-0.4, -0.2) is 21.3 Å². The summed E-state index contributed by atoms with van der Waals surface area (Å²) in [6, 6.07) is 0. The Morgan fingerprint density at radius 1 is 1.53 bits per heavy atom. The van der Waals surface area contributed by atoms with Gasteiger partial charge in [-0.25, -0.2) is 0 Å². The van der Waals surface area contributed by atoms with E-state index in [-0.39, 0.29) is 5.92 Å². The van der Waals surface area contributed by atoms with Crippen LogP contribution >= 0.6 is 10.8 Å². The summed E-state index contributed by atoms with van der Waals surface area (Å²) in [5.41, 5.74) is 0. The summed E-state index contributed by atoms with van der Waals surface area (Å²) in [5.74, 6) is 1.41. The van der Waals surface area contributed by atoms with Crippen molar-refractivity contribution < 1.29 is 9.35 Å². The van der Waals surface area contributed by atoms with E-state index in [2.05, 4.69) is 0 Å². The molecule has 0 amide bonds. The van der Waals surface area contributed by atoms with E-state index in [9.17, 15) is 9.35 Å². The first-order valence-corrected chi connectivity index (χ1v) is 8.39. The van der Waals surface area contributed by atoms with Crippen LogP contribution in [0.3, 0.4) is 0 Å². The minimum atomic E-state index is -0.625. The minimum Gasteiger partial charge on any atom is -0.605 e. The molecule has 15 heavy (non-hydrogen) atoms. The zero-order valence-electron chi connectivity index (χ0n) is 9.53. The van der Waals surface area contributed by atoms with Gasteiger partial charge in [0.05, 0.1) is 16.0 Å². The Bertz CT molecular complexity index is 207. The van der Waals surface area contributed by atoms with Gasteiger partial charge in [-0.3, -0.25) is 4.79 Å². The first-order chi connectivity index (χ1) is 7.09. The molecule has 1 fully saturated rings. The highest BCUT2D eigenvalue weighted by Gasteiger charge is 2.27. The Morgan fingerprint density at radius 2 is 2.27 bits per heavy atom. The first-order valence-electron chi connectivity index (χ1n) is 5.68. The van der Waals surface area contributed by atoms with Crippen molar-refractivity contribution in [3.63, 3.8) is 0 Å². The van der Waals surface area contributed by atoms with Crippen molar-refractivity contribution in [3.05, 3.63) is 0 Å². The monoisotopic (exact) mass is 248 g/mol. The molecule has 1 saturated heterocycles. The fourth-order valence-corrected chi connectivity index (χ4v) is 5.20. The second-order valence-corrected chi connectivity index (χ2v) is 7.95. The molecule has 0 N–H and O–H groups in total. The van der Waals surface area contributed by atoms with Gasteiger partial charge >= 0.3 is 0 Å². The van der Waals surface area contributed by atoms with E-state index in [0.717, 1.165) is 37.9 Å². The third kappa shape index (κ3) is 5.27. The summed E-state index contributed by atoms with van der Waals surface area (Å²) in [5, 5.41) is 0.583. The SMILES string of the molecule is CC(C)C(=O)CCCC[C@H]1CC[S+]([O-])S1. The van der Waals surface area contributed by atoms with Gasteiger partial charge in [0.1, 0.15) is 11.5 Å². The molecule has 2 nitrogen and oxygen atoms in total. The maximum Gasteiger partial charge on any atom is 0.135 e. The lowest BCUT2D eigenvalue weighted by molar-refractivity contribution is -0.122. The van der Waals surface area contributed by atoms with Crippen molar-refractivity contribution in [2.75, 3.05) is 5.75 Å². The first kappa shape index (κ1) is 13.4. The summed E-state index contributed by atoms with van der Waals surface area (Å²) < 4.78 is 11.1. The Balaban J connectivity index is 2.00. The predicted molar refractivity (Wildman–Crippen MR) is 67.3 cm³/mol. The molecule has 0 radical (unpaired) electrons. The van der Waals surface area contributed by atoms with E-state index < -0.39 is 10.2 Å². The number of Topliss-reactive ketones (excluding diaryl/α,β-unsaturated/α-hetero) is 1. The largest absolute Gasteiger partial charge is 0.605 e. The molecule has 1 aliphatic rings. The van der Waals surface area contributed by atoms with Crippen molar-refractivity contribution in [2.45, 2.75) is 51.2 Å². The summed E-state index contributed by atoms with van der Waals surface area (Å²) in [4.78, 5) is 11.3. The van der Waals surface area contributed by atoms with Gasteiger partial charge in [0.25, 0.3) is 0 Å². The van der Waals surface area contributed by atoms with Crippen molar-refractivity contribution >= 4 is 26.8 Å². The molecular formula is C11H20O2S2. The molecule has 1 aliphatic heterocycles. The van der Waals surface area contributed by atoms with Gasteiger partial charge in [0.2, 0.25) is 0 Å². The van der Waals surface area contributed by atoms with Gasteiger partial charge in [-0.1, -0.05) is 20.3 Å². The molecule has 0 aromatic carbocycles. The number of hydrogen-bond acceptors (Lipinski definition) is 3. The normalized spacial score (nSPS) is 26.1. The summed E-state index contributed by atoms with van der Waals surface area (Å²) in [6.45, 7) is 3.91. The van der Waals surface area contributed by atoms with Gasteiger partial charge in [-0.15, -0.1) is 0 Å². The van der Waals surface area contributed by atoms with E-state index in [0.29, 0.717) is 11.0 Å². The molecule has 0 spiro atoms. The van der Waals surface area contributed by atoms with Crippen LogP contribution in [0.15, 0.2) is 0 Å². The summed E-state index contributed by atoms with van der Waals surface area (Å²) >= 11 is 0. The topological polar surface area (TPSA) is 40.1 Å². The van der Waals surface area contributed by atoms with Gasteiger partial charge in [-0.05, 0) is 12.8 Å². The van der Waals surface area contributed by atoms with Crippen LogP contribution in [0.5, 0.6) is 0 Å².